The lowest BCUT2D eigenvalue weighted by atomic mass is 10.2. The summed E-state index contributed by atoms with van der Waals surface area (Å²) < 4.78 is 11.2. The van der Waals surface area contributed by atoms with Crippen molar-refractivity contribution in [2.45, 2.75) is 58.0 Å². The zero-order valence-corrected chi connectivity index (χ0v) is 13.2. The van der Waals surface area contributed by atoms with E-state index in [9.17, 15) is 4.79 Å². The Hall–Kier alpha value is -0.433. The Morgan fingerprint density at radius 1 is 1.28 bits per heavy atom. The van der Waals surface area contributed by atoms with E-state index in [0.29, 0.717) is 0 Å². The van der Waals surface area contributed by atoms with Gasteiger partial charge in [0.1, 0.15) is 0 Å². The van der Waals surface area contributed by atoms with Crippen molar-refractivity contribution in [1.29, 1.82) is 0 Å². The Kier molecular flexibility index (Phi) is 6.49. The lowest BCUT2D eigenvalue weighted by Crippen LogP contribution is -2.44. The first kappa shape index (κ1) is 17.6. The first-order valence-electron chi connectivity index (χ1n) is 6.14. The molecule has 18 heavy (non-hydrogen) atoms. The van der Waals surface area contributed by atoms with E-state index >= 15 is 0 Å². The molecule has 0 amide bonds. The van der Waals surface area contributed by atoms with Crippen LogP contribution in [0.15, 0.2) is 0 Å². The van der Waals surface area contributed by atoms with E-state index in [4.69, 9.17) is 19.4 Å². The Morgan fingerprint density at radius 3 is 2.17 bits per heavy atom. The first-order chi connectivity index (χ1) is 7.97. The van der Waals surface area contributed by atoms with E-state index in [1.165, 1.54) is 0 Å². The molecule has 0 aromatic rings. The van der Waals surface area contributed by atoms with E-state index in [1.54, 1.807) is 0 Å². The molecule has 0 aliphatic carbocycles. The van der Waals surface area contributed by atoms with Crippen molar-refractivity contribution in [3.63, 3.8) is 0 Å². The number of carboxylic acid groups (broad SMARTS) is 1. The summed E-state index contributed by atoms with van der Waals surface area (Å²) in [6.45, 7) is 12.7. The van der Waals surface area contributed by atoms with E-state index < -0.39 is 20.4 Å². The number of hydrogen-bond donors (Lipinski definition) is 2. The van der Waals surface area contributed by atoms with E-state index in [-0.39, 0.29) is 24.4 Å². The van der Waals surface area contributed by atoms with Crippen LogP contribution in [0, 0.1) is 0 Å². The van der Waals surface area contributed by atoms with Gasteiger partial charge >= 0.3 is 5.97 Å². The van der Waals surface area contributed by atoms with Crippen molar-refractivity contribution in [2.75, 3.05) is 13.2 Å². The van der Waals surface area contributed by atoms with Crippen LogP contribution in [-0.2, 0) is 14.0 Å². The molecule has 0 spiro atoms. The molecule has 0 saturated carbocycles. The number of hydrogen-bond acceptors (Lipinski definition) is 4. The molecular weight excluding hydrogens is 252 g/mol. The second kappa shape index (κ2) is 6.65. The van der Waals surface area contributed by atoms with Gasteiger partial charge in [0.15, 0.2) is 14.4 Å². The second-order valence-corrected chi connectivity index (χ2v) is 10.8. The molecule has 0 bridgehead atoms. The molecular formula is C12H26O5Si. The number of carboxylic acids is 1. The summed E-state index contributed by atoms with van der Waals surface area (Å²) in [5.41, 5.74) is 0. The number of carbonyl (C=O) groups is 1. The van der Waals surface area contributed by atoms with Gasteiger partial charge in [-0.2, -0.15) is 0 Å². The second-order valence-electron chi connectivity index (χ2n) is 6.08. The number of ether oxygens (including phenoxy) is 1. The maximum absolute atomic E-state index is 10.4. The minimum atomic E-state index is -1.83. The molecule has 2 atom stereocenters. The zero-order chi connectivity index (χ0) is 14.6. The van der Waals surface area contributed by atoms with Crippen molar-refractivity contribution < 1.29 is 24.2 Å². The lowest BCUT2D eigenvalue weighted by molar-refractivity contribution is -0.150. The molecule has 0 aliphatic heterocycles. The van der Waals surface area contributed by atoms with Crippen molar-refractivity contribution in [1.82, 2.24) is 0 Å². The van der Waals surface area contributed by atoms with Gasteiger partial charge in [-0.25, -0.2) is 4.79 Å². The summed E-state index contributed by atoms with van der Waals surface area (Å²) in [7, 11) is -1.83. The summed E-state index contributed by atoms with van der Waals surface area (Å²) in [6, 6.07) is 0. The number of aliphatic hydroxyl groups excluding tert-OH is 1. The van der Waals surface area contributed by atoms with Crippen LogP contribution in [0.1, 0.15) is 27.7 Å². The standard InChI is InChI=1S/C12H26O5Si/c1-9(7-16-8-10(13)11(14)15)17-18(5,6)12(2,3)4/h9-10,13H,7-8H2,1-6H3,(H,14,15)/t9-,10?/m0/s1. The Balaban J connectivity index is 4.06. The molecule has 0 radical (unpaired) electrons. The summed E-state index contributed by atoms with van der Waals surface area (Å²) in [5, 5.41) is 17.7. The van der Waals surface area contributed by atoms with Gasteiger partial charge in [0.05, 0.1) is 19.3 Å². The molecule has 0 saturated heterocycles. The highest BCUT2D eigenvalue weighted by atomic mass is 28.4. The van der Waals surface area contributed by atoms with Gasteiger partial charge in [-0.3, -0.25) is 0 Å². The van der Waals surface area contributed by atoms with Crippen LogP contribution in [-0.4, -0.2) is 49.9 Å². The minimum absolute atomic E-state index is 0.105. The molecule has 2 N–H and O–H groups in total. The van der Waals surface area contributed by atoms with E-state index in [1.807, 2.05) is 6.92 Å². The maximum atomic E-state index is 10.4. The minimum Gasteiger partial charge on any atom is -0.479 e. The highest BCUT2D eigenvalue weighted by molar-refractivity contribution is 6.74. The van der Waals surface area contributed by atoms with E-state index in [2.05, 4.69) is 33.9 Å². The van der Waals surface area contributed by atoms with Gasteiger partial charge in [0.2, 0.25) is 0 Å². The fourth-order valence-electron chi connectivity index (χ4n) is 1.13. The predicted octanol–water partition coefficient (Wildman–Crippen LogP) is 1.86. The lowest BCUT2D eigenvalue weighted by Gasteiger charge is -2.38. The summed E-state index contributed by atoms with van der Waals surface area (Å²) >= 11 is 0. The predicted molar refractivity (Wildman–Crippen MR) is 72.2 cm³/mol. The summed E-state index contributed by atoms with van der Waals surface area (Å²) in [6.07, 6.45) is -1.57. The quantitative estimate of drug-likeness (QED) is 0.695. The summed E-state index contributed by atoms with van der Waals surface area (Å²) in [4.78, 5) is 10.4. The van der Waals surface area contributed by atoms with Crippen LogP contribution in [0.25, 0.3) is 0 Å². The molecule has 0 heterocycles. The third kappa shape index (κ3) is 5.95. The molecule has 0 rings (SSSR count). The van der Waals surface area contributed by atoms with Gasteiger partial charge in [-0.05, 0) is 25.1 Å². The van der Waals surface area contributed by atoms with Gasteiger partial charge < -0.3 is 19.4 Å². The van der Waals surface area contributed by atoms with Gasteiger partial charge in [-0.1, -0.05) is 20.8 Å². The zero-order valence-electron chi connectivity index (χ0n) is 12.2. The highest BCUT2D eigenvalue weighted by Crippen LogP contribution is 2.37. The third-order valence-corrected chi connectivity index (χ3v) is 7.82. The fraction of sp³-hybridized carbons (Fsp3) is 0.917. The third-order valence-electron chi connectivity index (χ3n) is 3.22. The molecule has 0 fully saturated rings. The average Bonchev–Trinajstić information content (AvgIpc) is 2.14. The van der Waals surface area contributed by atoms with Crippen LogP contribution in [0.2, 0.25) is 18.1 Å². The van der Waals surface area contributed by atoms with Crippen LogP contribution in [0.3, 0.4) is 0 Å². The normalized spacial score (nSPS) is 16.4. The largest absolute Gasteiger partial charge is 0.479 e. The summed E-state index contributed by atoms with van der Waals surface area (Å²) in [5.74, 6) is -1.27. The van der Waals surface area contributed by atoms with Crippen LogP contribution >= 0.6 is 0 Å². The molecule has 1 unspecified atom stereocenters. The molecule has 0 aliphatic rings. The van der Waals surface area contributed by atoms with Crippen molar-refractivity contribution in [3.8, 4) is 0 Å². The maximum Gasteiger partial charge on any atom is 0.334 e. The topological polar surface area (TPSA) is 76.0 Å². The molecule has 0 aromatic carbocycles. The SMILES string of the molecule is C[C@@H](COCC(O)C(=O)O)O[Si](C)(C)C(C)(C)C. The van der Waals surface area contributed by atoms with Crippen molar-refractivity contribution in [3.05, 3.63) is 0 Å². The van der Waals surface area contributed by atoms with Crippen molar-refractivity contribution >= 4 is 14.3 Å². The smallest absolute Gasteiger partial charge is 0.334 e. The van der Waals surface area contributed by atoms with Crippen molar-refractivity contribution in [2.24, 2.45) is 0 Å². The molecule has 0 aromatic heterocycles. The van der Waals surface area contributed by atoms with E-state index in [0.717, 1.165) is 0 Å². The number of aliphatic carboxylic acids is 1. The van der Waals surface area contributed by atoms with Crippen LogP contribution in [0.4, 0.5) is 0 Å². The molecule has 6 heteroatoms. The molecule has 5 nitrogen and oxygen atoms in total. The Bertz CT molecular complexity index is 272. The van der Waals surface area contributed by atoms with Gasteiger partial charge in [-0.15, -0.1) is 0 Å². The Labute approximate surface area is 110 Å². The first-order valence-corrected chi connectivity index (χ1v) is 9.04. The highest BCUT2D eigenvalue weighted by Gasteiger charge is 2.38. The van der Waals surface area contributed by atoms with Gasteiger partial charge in [0, 0.05) is 0 Å². The monoisotopic (exact) mass is 278 g/mol. The van der Waals surface area contributed by atoms with Crippen LogP contribution in [0.5, 0.6) is 0 Å². The number of aliphatic hydroxyl groups is 1. The average molecular weight is 278 g/mol. The van der Waals surface area contributed by atoms with Gasteiger partial charge in [0.25, 0.3) is 0 Å². The fourth-order valence-corrected chi connectivity index (χ4v) is 2.56. The molecule has 108 valence electrons. The van der Waals surface area contributed by atoms with Crippen LogP contribution < -0.4 is 0 Å². The Morgan fingerprint density at radius 2 is 1.78 bits per heavy atom. The number of rotatable bonds is 7.